The Labute approximate surface area is 167 Å². The number of carbonyl (C=O) groups is 2. The van der Waals surface area contributed by atoms with Crippen LogP contribution < -0.4 is 11.5 Å². The maximum atomic E-state index is 13.5. The summed E-state index contributed by atoms with van der Waals surface area (Å²) in [6, 6.07) is 0. The molecule has 0 aromatic carbocycles. The SMILES string of the molecule is CC(C)C(=O)[C@@H]1[C@H](O)[C@@H](CO)O[C@@]1(C(=O)C(C)C)n1cnc2c(N)nc(N)nc21. The Morgan fingerprint density at radius 1 is 1.24 bits per heavy atom. The molecule has 0 unspecified atom stereocenters. The normalized spacial score (nSPS) is 27.2. The summed E-state index contributed by atoms with van der Waals surface area (Å²) in [6.07, 6.45) is -1.30. The zero-order valence-corrected chi connectivity index (χ0v) is 16.7. The molecule has 2 aromatic heterocycles. The lowest BCUT2D eigenvalue weighted by Crippen LogP contribution is -2.53. The Hall–Kier alpha value is -2.63. The maximum absolute atomic E-state index is 13.5. The Bertz CT molecular complexity index is 958. The fourth-order valence-corrected chi connectivity index (χ4v) is 3.82. The molecule has 3 rings (SSSR count). The molecule has 4 atom stereocenters. The first-order chi connectivity index (χ1) is 13.6. The zero-order valence-electron chi connectivity index (χ0n) is 16.7. The second-order valence-electron chi connectivity index (χ2n) is 7.83. The standard InChI is InChI=1S/C18H26N6O5/c1-7(2)12(26)10-13(27)9(5-25)29-18(10,14(28)8(3)4)24-6-21-11-15(19)22-17(20)23-16(11)24/h6-10,13,25,27H,5H2,1-4H3,(H4,19,20,22,23)/t9-,10-,13-,18+/m1/s1. The van der Waals surface area contributed by atoms with Crippen LogP contribution in [-0.4, -0.2) is 60.1 Å². The summed E-state index contributed by atoms with van der Waals surface area (Å²) in [4.78, 5) is 38.8. The summed E-state index contributed by atoms with van der Waals surface area (Å²) in [5.41, 5.74) is 9.91. The summed E-state index contributed by atoms with van der Waals surface area (Å²) in [7, 11) is 0. The van der Waals surface area contributed by atoms with Crippen LogP contribution in [0.5, 0.6) is 0 Å². The number of fused-ring (bicyclic) bond motifs is 1. The number of Topliss-reactive ketones (excluding diaryl/α,β-unsaturated/α-hetero) is 2. The Balaban J connectivity index is 2.37. The third kappa shape index (κ3) is 3.05. The van der Waals surface area contributed by atoms with Gasteiger partial charge >= 0.3 is 0 Å². The highest BCUT2D eigenvalue weighted by atomic mass is 16.6. The summed E-state index contributed by atoms with van der Waals surface area (Å²) >= 11 is 0. The quantitative estimate of drug-likeness (QED) is 0.486. The predicted octanol–water partition coefficient (Wildman–Crippen LogP) is -0.538. The summed E-state index contributed by atoms with van der Waals surface area (Å²) in [6.45, 7) is 6.05. The second kappa shape index (κ2) is 7.32. The fourth-order valence-electron chi connectivity index (χ4n) is 3.82. The number of hydrogen-bond donors (Lipinski definition) is 4. The van der Waals surface area contributed by atoms with Gasteiger partial charge in [0.2, 0.25) is 11.7 Å². The van der Waals surface area contributed by atoms with Gasteiger partial charge in [-0.15, -0.1) is 0 Å². The van der Waals surface area contributed by atoms with Crippen molar-refractivity contribution in [2.75, 3.05) is 18.1 Å². The lowest BCUT2D eigenvalue weighted by molar-refractivity contribution is -0.173. The number of aromatic nitrogens is 4. The number of carbonyl (C=O) groups excluding carboxylic acids is 2. The van der Waals surface area contributed by atoms with Gasteiger partial charge in [0.05, 0.1) is 19.0 Å². The molecule has 0 spiro atoms. The minimum Gasteiger partial charge on any atom is -0.394 e. The number of nitrogen functional groups attached to an aromatic ring is 2. The molecular formula is C18H26N6O5. The fraction of sp³-hybridized carbons (Fsp3) is 0.611. The van der Waals surface area contributed by atoms with Gasteiger partial charge in [-0.2, -0.15) is 9.97 Å². The van der Waals surface area contributed by atoms with Crippen LogP contribution in [0.25, 0.3) is 11.2 Å². The predicted molar refractivity (Wildman–Crippen MR) is 103 cm³/mol. The van der Waals surface area contributed by atoms with Gasteiger partial charge in [0.1, 0.15) is 23.3 Å². The number of nitrogens with zero attached hydrogens (tertiary/aromatic N) is 4. The molecule has 0 aliphatic carbocycles. The zero-order chi connectivity index (χ0) is 21.7. The molecule has 158 valence electrons. The largest absolute Gasteiger partial charge is 0.394 e. The molecule has 29 heavy (non-hydrogen) atoms. The Morgan fingerprint density at radius 3 is 2.45 bits per heavy atom. The molecule has 11 heteroatoms. The molecule has 6 N–H and O–H groups in total. The number of anilines is 2. The van der Waals surface area contributed by atoms with Crippen LogP contribution in [0.2, 0.25) is 0 Å². The van der Waals surface area contributed by atoms with E-state index in [1.54, 1.807) is 27.7 Å². The Morgan fingerprint density at radius 2 is 1.90 bits per heavy atom. The van der Waals surface area contributed by atoms with Gasteiger partial charge in [-0.25, -0.2) is 4.98 Å². The van der Waals surface area contributed by atoms with Crippen LogP contribution in [-0.2, 0) is 20.1 Å². The number of ether oxygens (including phenoxy) is 1. The van der Waals surface area contributed by atoms with E-state index in [9.17, 15) is 19.8 Å². The van der Waals surface area contributed by atoms with Crippen LogP contribution >= 0.6 is 0 Å². The summed E-state index contributed by atoms with van der Waals surface area (Å²) in [5.74, 6) is -3.37. The molecule has 0 bridgehead atoms. The van der Waals surface area contributed by atoms with Gasteiger partial charge < -0.3 is 26.4 Å². The maximum Gasteiger partial charge on any atom is 0.224 e. The van der Waals surface area contributed by atoms with Gasteiger partial charge in [-0.3, -0.25) is 14.2 Å². The molecule has 3 heterocycles. The monoisotopic (exact) mass is 406 g/mol. The minimum atomic E-state index is -1.97. The van der Waals surface area contributed by atoms with Crippen molar-refractivity contribution in [1.82, 2.24) is 19.5 Å². The molecule has 11 nitrogen and oxygen atoms in total. The topological polar surface area (TPSA) is 179 Å². The third-order valence-electron chi connectivity index (χ3n) is 5.21. The van der Waals surface area contributed by atoms with Gasteiger partial charge in [0, 0.05) is 11.8 Å². The van der Waals surface area contributed by atoms with Crippen molar-refractivity contribution in [3.8, 4) is 0 Å². The molecular weight excluding hydrogens is 380 g/mol. The van der Waals surface area contributed by atoms with E-state index in [0.717, 1.165) is 0 Å². The molecule has 1 saturated heterocycles. The third-order valence-corrected chi connectivity index (χ3v) is 5.21. The van der Waals surface area contributed by atoms with E-state index in [-0.39, 0.29) is 28.7 Å². The molecule has 2 aromatic rings. The summed E-state index contributed by atoms with van der Waals surface area (Å²) in [5, 5.41) is 20.6. The second-order valence-corrected chi connectivity index (χ2v) is 7.83. The molecule has 1 aliphatic heterocycles. The number of nitrogens with two attached hydrogens (primary N) is 2. The molecule has 1 fully saturated rings. The Kier molecular flexibility index (Phi) is 5.32. The molecule has 0 radical (unpaired) electrons. The van der Waals surface area contributed by atoms with E-state index in [4.69, 9.17) is 16.2 Å². The number of aliphatic hydroxyl groups excluding tert-OH is 2. The van der Waals surface area contributed by atoms with Gasteiger partial charge in [0.25, 0.3) is 0 Å². The highest BCUT2D eigenvalue weighted by Gasteiger charge is 2.63. The smallest absolute Gasteiger partial charge is 0.224 e. The van der Waals surface area contributed by atoms with Crippen molar-refractivity contribution < 1.29 is 24.5 Å². The number of rotatable bonds is 6. The average Bonchev–Trinajstić information content (AvgIpc) is 3.19. The first-order valence-electron chi connectivity index (χ1n) is 9.37. The van der Waals surface area contributed by atoms with Crippen LogP contribution in [0, 0.1) is 17.8 Å². The van der Waals surface area contributed by atoms with E-state index >= 15 is 0 Å². The lowest BCUT2D eigenvalue weighted by Gasteiger charge is -2.36. The van der Waals surface area contributed by atoms with Crippen molar-refractivity contribution in [1.29, 1.82) is 0 Å². The van der Waals surface area contributed by atoms with E-state index in [2.05, 4.69) is 15.0 Å². The first kappa shape index (κ1) is 21.1. The first-order valence-corrected chi connectivity index (χ1v) is 9.37. The van der Waals surface area contributed by atoms with Crippen molar-refractivity contribution in [3.63, 3.8) is 0 Å². The van der Waals surface area contributed by atoms with Crippen LogP contribution in [0.1, 0.15) is 27.7 Å². The van der Waals surface area contributed by atoms with Crippen molar-refractivity contribution >= 4 is 34.5 Å². The van der Waals surface area contributed by atoms with Crippen molar-refractivity contribution in [3.05, 3.63) is 6.33 Å². The van der Waals surface area contributed by atoms with Crippen LogP contribution in [0.15, 0.2) is 6.33 Å². The number of imidazole rings is 1. The minimum absolute atomic E-state index is 0.00221. The summed E-state index contributed by atoms with van der Waals surface area (Å²) < 4.78 is 7.24. The van der Waals surface area contributed by atoms with E-state index in [1.165, 1.54) is 10.9 Å². The molecule has 0 amide bonds. The van der Waals surface area contributed by atoms with Crippen molar-refractivity contribution in [2.45, 2.75) is 45.6 Å². The average molecular weight is 406 g/mol. The highest BCUT2D eigenvalue weighted by molar-refractivity contribution is 5.97. The van der Waals surface area contributed by atoms with E-state index in [1.807, 2.05) is 0 Å². The van der Waals surface area contributed by atoms with E-state index in [0.29, 0.717) is 0 Å². The lowest BCUT2D eigenvalue weighted by atomic mass is 9.78. The van der Waals surface area contributed by atoms with Crippen LogP contribution in [0.3, 0.4) is 0 Å². The van der Waals surface area contributed by atoms with Gasteiger partial charge in [0.15, 0.2) is 17.2 Å². The molecule has 1 aliphatic rings. The molecule has 0 saturated carbocycles. The van der Waals surface area contributed by atoms with Crippen LogP contribution in [0.4, 0.5) is 11.8 Å². The van der Waals surface area contributed by atoms with Gasteiger partial charge in [-0.1, -0.05) is 27.7 Å². The van der Waals surface area contributed by atoms with E-state index < -0.39 is 48.1 Å². The number of aliphatic hydroxyl groups is 2. The number of ketones is 2. The number of hydrogen-bond acceptors (Lipinski definition) is 10. The highest BCUT2D eigenvalue weighted by Crippen LogP contribution is 2.45. The van der Waals surface area contributed by atoms with Gasteiger partial charge in [-0.05, 0) is 0 Å². The van der Waals surface area contributed by atoms with Crippen molar-refractivity contribution in [2.24, 2.45) is 17.8 Å².